The number of hydrogen-bond donors (Lipinski definition) is 0. The standard InChI is InChI=1S/C20H23NO3S/c1-4-21(5-2)25(23,24)19-13-10-18(11-14-19)20(22)15-12-17-9-7-6-8-16(17)3/h6-15H,4-5H2,1-3H3/b15-12+. The minimum absolute atomic E-state index is 0.157. The SMILES string of the molecule is CCN(CC)S(=O)(=O)c1ccc(C(=O)/C=C/c2ccccc2C)cc1. The fourth-order valence-electron chi connectivity index (χ4n) is 2.54. The summed E-state index contributed by atoms with van der Waals surface area (Å²) in [5.41, 5.74) is 2.53. The van der Waals surface area contributed by atoms with Gasteiger partial charge in [0.15, 0.2) is 5.78 Å². The van der Waals surface area contributed by atoms with Gasteiger partial charge in [-0.2, -0.15) is 4.31 Å². The van der Waals surface area contributed by atoms with Crippen molar-refractivity contribution < 1.29 is 13.2 Å². The summed E-state index contributed by atoms with van der Waals surface area (Å²) in [6.45, 7) is 6.42. The van der Waals surface area contributed by atoms with Gasteiger partial charge in [0.1, 0.15) is 0 Å². The minimum atomic E-state index is -3.50. The average molecular weight is 357 g/mol. The lowest BCUT2D eigenvalue weighted by Gasteiger charge is -2.18. The topological polar surface area (TPSA) is 54.5 Å². The van der Waals surface area contributed by atoms with E-state index in [0.29, 0.717) is 18.7 Å². The first-order valence-electron chi connectivity index (χ1n) is 8.28. The van der Waals surface area contributed by atoms with Crippen LogP contribution < -0.4 is 0 Å². The van der Waals surface area contributed by atoms with Crippen molar-refractivity contribution in [3.63, 3.8) is 0 Å². The first-order valence-corrected chi connectivity index (χ1v) is 9.72. The molecule has 5 heteroatoms. The highest BCUT2D eigenvalue weighted by molar-refractivity contribution is 7.89. The molecule has 2 aromatic carbocycles. The molecule has 0 aliphatic heterocycles. The van der Waals surface area contributed by atoms with Crippen molar-refractivity contribution in [3.8, 4) is 0 Å². The number of allylic oxidation sites excluding steroid dienone is 1. The van der Waals surface area contributed by atoms with Crippen molar-refractivity contribution in [1.82, 2.24) is 4.31 Å². The van der Waals surface area contributed by atoms with E-state index in [4.69, 9.17) is 0 Å². The molecular formula is C20H23NO3S. The Balaban J connectivity index is 2.20. The first kappa shape index (κ1) is 19.1. The molecule has 0 fully saturated rings. The van der Waals surface area contributed by atoms with Gasteiger partial charge in [0.25, 0.3) is 0 Å². The second-order valence-corrected chi connectivity index (χ2v) is 7.61. The highest BCUT2D eigenvalue weighted by atomic mass is 32.2. The van der Waals surface area contributed by atoms with Crippen LogP contribution in [0.15, 0.2) is 59.5 Å². The van der Waals surface area contributed by atoms with Gasteiger partial charge in [-0.25, -0.2) is 8.42 Å². The number of carbonyl (C=O) groups excluding carboxylic acids is 1. The lowest BCUT2D eigenvalue weighted by Crippen LogP contribution is -2.30. The van der Waals surface area contributed by atoms with Crippen LogP contribution in [0.1, 0.15) is 35.3 Å². The molecule has 2 rings (SSSR count). The minimum Gasteiger partial charge on any atom is -0.289 e. The zero-order chi connectivity index (χ0) is 18.4. The smallest absolute Gasteiger partial charge is 0.243 e. The van der Waals surface area contributed by atoms with Crippen LogP contribution in [-0.2, 0) is 10.0 Å². The number of benzene rings is 2. The van der Waals surface area contributed by atoms with Crippen LogP contribution in [0.3, 0.4) is 0 Å². The van der Waals surface area contributed by atoms with E-state index in [1.807, 2.05) is 31.2 Å². The zero-order valence-corrected chi connectivity index (χ0v) is 15.6. The molecular weight excluding hydrogens is 334 g/mol. The van der Waals surface area contributed by atoms with Crippen LogP contribution in [0.5, 0.6) is 0 Å². The van der Waals surface area contributed by atoms with Crippen molar-refractivity contribution in [3.05, 3.63) is 71.3 Å². The maximum Gasteiger partial charge on any atom is 0.243 e. The van der Waals surface area contributed by atoms with Gasteiger partial charge >= 0.3 is 0 Å². The highest BCUT2D eigenvalue weighted by Crippen LogP contribution is 2.17. The summed E-state index contributed by atoms with van der Waals surface area (Å²) in [5.74, 6) is -0.157. The van der Waals surface area contributed by atoms with Gasteiger partial charge in [-0.3, -0.25) is 4.79 Å². The van der Waals surface area contributed by atoms with Crippen LogP contribution in [0.25, 0.3) is 6.08 Å². The molecule has 4 nitrogen and oxygen atoms in total. The second kappa shape index (κ2) is 8.23. The molecule has 0 aliphatic carbocycles. The van der Waals surface area contributed by atoms with E-state index in [0.717, 1.165) is 11.1 Å². The lowest BCUT2D eigenvalue weighted by molar-refractivity contribution is 0.104. The zero-order valence-electron chi connectivity index (χ0n) is 14.8. The summed E-state index contributed by atoms with van der Waals surface area (Å²) in [4.78, 5) is 12.5. The molecule has 0 atom stereocenters. The van der Waals surface area contributed by atoms with Crippen molar-refractivity contribution in [2.75, 3.05) is 13.1 Å². The number of sulfonamides is 1. The quantitative estimate of drug-likeness (QED) is 0.557. The molecule has 2 aromatic rings. The predicted octanol–water partition coefficient (Wildman–Crippen LogP) is 3.92. The van der Waals surface area contributed by atoms with Crippen LogP contribution in [0, 0.1) is 6.92 Å². The Kier molecular flexibility index (Phi) is 6.28. The van der Waals surface area contributed by atoms with E-state index < -0.39 is 10.0 Å². The van der Waals surface area contributed by atoms with Gasteiger partial charge < -0.3 is 0 Å². The van der Waals surface area contributed by atoms with E-state index in [9.17, 15) is 13.2 Å². The maximum absolute atomic E-state index is 12.5. The molecule has 0 aromatic heterocycles. The van der Waals surface area contributed by atoms with E-state index in [-0.39, 0.29) is 10.7 Å². The van der Waals surface area contributed by atoms with Crippen LogP contribution >= 0.6 is 0 Å². The van der Waals surface area contributed by atoms with E-state index >= 15 is 0 Å². The Hall–Kier alpha value is -2.24. The van der Waals surface area contributed by atoms with Crippen LogP contribution in [0.2, 0.25) is 0 Å². The number of hydrogen-bond acceptors (Lipinski definition) is 3. The van der Waals surface area contributed by atoms with Gasteiger partial charge in [-0.05, 0) is 48.4 Å². The number of carbonyl (C=O) groups is 1. The van der Waals surface area contributed by atoms with Gasteiger partial charge in [-0.1, -0.05) is 44.2 Å². The Labute approximate surface area is 149 Å². The summed E-state index contributed by atoms with van der Waals surface area (Å²) in [6, 6.07) is 13.9. The third kappa shape index (κ3) is 4.44. The molecule has 0 radical (unpaired) electrons. The molecule has 0 bridgehead atoms. The summed E-state index contributed by atoms with van der Waals surface area (Å²) >= 11 is 0. The fourth-order valence-corrected chi connectivity index (χ4v) is 4.00. The van der Waals surface area contributed by atoms with Crippen LogP contribution in [-0.4, -0.2) is 31.6 Å². The average Bonchev–Trinajstić information content (AvgIpc) is 2.61. The van der Waals surface area contributed by atoms with E-state index in [1.54, 1.807) is 32.1 Å². The molecule has 0 spiro atoms. The van der Waals surface area contributed by atoms with Crippen LogP contribution in [0.4, 0.5) is 0 Å². The normalized spacial score (nSPS) is 12.0. The van der Waals surface area contributed by atoms with Gasteiger partial charge in [0.05, 0.1) is 4.90 Å². The van der Waals surface area contributed by atoms with Gasteiger partial charge in [0, 0.05) is 18.7 Å². The molecule has 0 saturated heterocycles. The first-order chi connectivity index (χ1) is 11.9. The molecule has 132 valence electrons. The molecule has 0 heterocycles. The summed E-state index contributed by atoms with van der Waals surface area (Å²) in [7, 11) is -3.50. The van der Waals surface area contributed by atoms with Crippen molar-refractivity contribution in [1.29, 1.82) is 0 Å². The molecule has 0 amide bonds. The van der Waals surface area contributed by atoms with Gasteiger partial charge in [-0.15, -0.1) is 0 Å². The largest absolute Gasteiger partial charge is 0.289 e. The Morgan fingerprint density at radius 2 is 1.60 bits per heavy atom. The summed E-state index contributed by atoms with van der Waals surface area (Å²) in [5, 5.41) is 0. The fraction of sp³-hybridized carbons (Fsp3) is 0.250. The van der Waals surface area contributed by atoms with E-state index in [1.165, 1.54) is 22.5 Å². The van der Waals surface area contributed by atoms with Crippen molar-refractivity contribution in [2.24, 2.45) is 0 Å². The Bertz CT molecular complexity index is 864. The molecule has 0 N–H and O–H groups in total. The Morgan fingerprint density at radius 1 is 1.00 bits per heavy atom. The summed E-state index contributed by atoms with van der Waals surface area (Å²) < 4.78 is 26.3. The third-order valence-electron chi connectivity index (χ3n) is 4.08. The monoisotopic (exact) mass is 357 g/mol. The third-order valence-corrected chi connectivity index (χ3v) is 6.15. The Morgan fingerprint density at radius 3 is 2.16 bits per heavy atom. The van der Waals surface area contributed by atoms with Crippen molar-refractivity contribution >= 4 is 21.9 Å². The molecule has 0 saturated carbocycles. The summed E-state index contributed by atoms with van der Waals surface area (Å²) in [6.07, 6.45) is 3.29. The maximum atomic E-state index is 12.5. The van der Waals surface area contributed by atoms with Crippen molar-refractivity contribution in [2.45, 2.75) is 25.7 Å². The number of aryl methyl sites for hydroxylation is 1. The van der Waals surface area contributed by atoms with Gasteiger partial charge in [0.2, 0.25) is 10.0 Å². The second-order valence-electron chi connectivity index (χ2n) is 5.67. The van der Waals surface area contributed by atoms with E-state index in [2.05, 4.69) is 0 Å². The predicted molar refractivity (Wildman–Crippen MR) is 101 cm³/mol. The number of ketones is 1. The number of nitrogens with zero attached hydrogens (tertiary/aromatic N) is 1. The number of rotatable bonds is 7. The molecule has 25 heavy (non-hydrogen) atoms. The molecule has 0 unspecified atom stereocenters. The molecule has 0 aliphatic rings. The highest BCUT2D eigenvalue weighted by Gasteiger charge is 2.21. The lowest BCUT2D eigenvalue weighted by atomic mass is 10.1.